The zero-order valence-corrected chi connectivity index (χ0v) is 11.8. The van der Waals surface area contributed by atoms with E-state index in [1.807, 2.05) is 4.90 Å². The van der Waals surface area contributed by atoms with E-state index < -0.39 is 0 Å². The van der Waals surface area contributed by atoms with Crippen LogP contribution in [0.4, 0.5) is 0 Å². The molecule has 0 saturated carbocycles. The number of carbonyl (C=O) groups excluding carboxylic acids is 1. The molecule has 1 N–H and O–H groups in total. The van der Waals surface area contributed by atoms with Gasteiger partial charge in [0.05, 0.1) is 0 Å². The number of carbonyl (C=O) groups is 1. The minimum Gasteiger partial charge on any atom is -0.368 e. The fourth-order valence-electron chi connectivity index (χ4n) is 3.10. The van der Waals surface area contributed by atoms with Gasteiger partial charge < -0.3 is 15.0 Å². The highest BCUT2D eigenvalue weighted by Crippen LogP contribution is 2.24. The predicted octanol–water partition coefficient (Wildman–Crippen LogP) is 1.26. The molecule has 4 heteroatoms. The van der Waals surface area contributed by atoms with Crippen LogP contribution in [-0.4, -0.2) is 49.2 Å². The van der Waals surface area contributed by atoms with Crippen molar-refractivity contribution in [1.29, 1.82) is 0 Å². The number of nitrogens with zero attached hydrogens (tertiary/aromatic N) is 1. The zero-order chi connectivity index (χ0) is 13.1. The van der Waals surface area contributed by atoms with E-state index in [0.29, 0.717) is 17.9 Å². The smallest absolute Gasteiger partial charge is 0.251 e. The molecular formula is C14H26N2O2. The number of amides is 1. The lowest BCUT2D eigenvalue weighted by molar-refractivity contribution is -0.144. The molecule has 1 amide bonds. The minimum absolute atomic E-state index is 0.187. The lowest BCUT2D eigenvalue weighted by atomic mass is 9.92. The number of likely N-dealkylation sites (tertiary alicyclic amines) is 1. The standard InChI is InChI=1S/C14H26N2O2/c1-4-15-12-5-7-16(9-11(12)3)14(17)13-10(2)6-8-18-13/h10-13,15H,4-9H2,1-3H3. The maximum Gasteiger partial charge on any atom is 0.251 e. The van der Waals surface area contributed by atoms with E-state index in [1.54, 1.807) is 0 Å². The topological polar surface area (TPSA) is 41.6 Å². The summed E-state index contributed by atoms with van der Waals surface area (Å²) < 4.78 is 5.58. The van der Waals surface area contributed by atoms with Crippen molar-refractivity contribution in [3.63, 3.8) is 0 Å². The molecule has 0 aromatic carbocycles. The van der Waals surface area contributed by atoms with E-state index in [2.05, 4.69) is 26.1 Å². The number of piperidine rings is 1. The molecule has 2 aliphatic heterocycles. The van der Waals surface area contributed by atoms with Crippen molar-refractivity contribution in [2.24, 2.45) is 11.8 Å². The SMILES string of the molecule is CCNC1CCN(C(=O)C2OCCC2C)CC1C. The Balaban J connectivity index is 1.89. The second-order valence-electron chi connectivity index (χ2n) is 5.77. The molecule has 0 bridgehead atoms. The monoisotopic (exact) mass is 254 g/mol. The van der Waals surface area contributed by atoms with Gasteiger partial charge >= 0.3 is 0 Å². The lowest BCUT2D eigenvalue weighted by Gasteiger charge is -2.38. The molecule has 2 aliphatic rings. The summed E-state index contributed by atoms with van der Waals surface area (Å²) in [5, 5.41) is 3.50. The highest BCUT2D eigenvalue weighted by Gasteiger charge is 2.36. The quantitative estimate of drug-likeness (QED) is 0.824. The van der Waals surface area contributed by atoms with Crippen LogP contribution < -0.4 is 5.32 Å². The summed E-state index contributed by atoms with van der Waals surface area (Å²) in [6.45, 7) is 9.96. The van der Waals surface area contributed by atoms with Crippen LogP contribution in [0.25, 0.3) is 0 Å². The molecule has 0 aromatic rings. The highest BCUT2D eigenvalue weighted by atomic mass is 16.5. The van der Waals surface area contributed by atoms with Crippen molar-refractivity contribution in [1.82, 2.24) is 10.2 Å². The first-order chi connectivity index (χ1) is 8.63. The van der Waals surface area contributed by atoms with Crippen LogP contribution in [-0.2, 0) is 9.53 Å². The van der Waals surface area contributed by atoms with Gasteiger partial charge in [0, 0.05) is 25.7 Å². The largest absolute Gasteiger partial charge is 0.368 e. The third-order valence-electron chi connectivity index (χ3n) is 4.31. The molecule has 0 aliphatic carbocycles. The second-order valence-corrected chi connectivity index (χ2v) is 5.77. The van der Waals surface area contributed by atoms with E-state index >= 15 is 0 Å². The molecule has 2 heterocycles. The second kappa shape index (κ2) is 6.02. The Morgan fingerprint density at radius 1 is 1.33 bits per heavy atom. The van der Waals surface area contributed by atoms with Crippen molar-refractivity contribution in [3.8, 4) is 0 Å². The third kappa shape index (κ3) is 2.86. The predicted molar refractivity (Wildman–Crippen MR) is 71.3 cm³/mol. The Morgan fingerprint density at radius 3 is 2.67 bits per heavy atom. The summed E-state index contributed by atoms with van der Waals surface area (Å²) in [7, 11) is 0. The number of nitrogens with one attached hydrogen (secondary N) is 1. The molecule has 2 rings (SSSR count). The molecule has 0 spiro atoms. The van der Waals surface area contributed by atoms with Gasteiger partial charge in [-0.25, -0.2) is 0 Å². The Morgan fingerprint density at radius 2 is 2.11 bits per heavy atom. The van der Waals surface area contributed by atoms with Crippen LogP contribution >= 0.6 is 0 Å². The van der Waals surface area contributed by atoms with Crippen molar-refractivity contribution in [2.75, 3.05) is 26.2 Å². The summed E-state index contributed by atoms with van der Waals surface area (Å²) >= 11 is 0. The molecule has 2 fully saturated rings. The van der Waals surface area contributed by atoms with Gasteiger partial charge in [0.15, 0.2) is 0 Å². The van der Waals surface area contributed by atoms with Gasteiger partial charge in [-0.3, -0.25) is 4.79 Å². The minimum atomic E-state index is -0.187. The molecule has 4 unspecified atom stereocenters. The number of hydrogen-bond donors (Lipinski definition) is 1. The highest BCUT2D eigenvalue weighted by molar-refractivity contribution is 5.81. The Kier molecular flexibility index (Phi) is 4.62. The molecule has 4 atom stereocenters. The summed E-state index contributed by atoms with van der Waals surface area (Å²) in [4.78, 5) is 14.4. The fraction of sp³-hybridized carbons (Fsp3) is 0.929. The molecule has 4 nitrogen and oxygen atoms in total. The van der Waals surface area contributed by atoms with Crippen molar-refractivity contribution in [2.45, 2.75) is 45.8 Å². The molecule has 18 heavy (non-hydrogen) atoms. The van der Waals surface area contributed by atoms with Crippen LogP contribution in [0.3, 0.4) is 0 Å². The van der Waals surface area contributed by atoms with Crippen LogP contribution in [0.2, 0.25) is 0 Å². The van der Waals surface area contributed by atoms with Gasteiger partial charge in [-0.05, 0) is 31.2 Å². The van der Waals surface area contributed by atoms with Gasteiger partial charge in [0.1, 0.15) is 6.10 Å². The molecule has 0 radical (unpaired) electrons. The maximum absolute atomic E-state index is 12.4. The van der Waals surface area contributed by atoms with Crippen LogP contribution in [0, 0.1) is 11.8 Å². The molecule has 0 aromatic heterocycles. The van der Waals surface area contributed by atoms with Crippen molar-refractivity contribution >= 4 is 5.91 Å². The Labute approximate surface area is 110 Å². The van der Waals surface area contributed by atoms with Crippen molar-refractivity contribution in [3.05, 3.63) is 0 Å². The molecular weight excluding hydrogens is 228 g/mol. The Bertz CT molecular complexity index is 296. The molecule has 2 saturated heterocycles. The lowest BCUT2D eigenvalue weighted by Crippen LogP contribution is -2.52. The van der Waals surface area contributed by atoms with E-state index in [-0.39, 0.29) is 12.0 Å². The zero-order valence-electron chi connectivity index (χ0n) is 11.8. The average Bonchev–Trinajstić information content (AvgIpc) is 2.77. The van der Waals surface area contributed by atoms with Crippen LogP contribution in [0.1, 0.15) is 33.6 Å². The summed E-state index contributed by atoms with van der Waals surface area (Å²) in [6, 6.07) is 0.556. The van der Waals surface area contributed by atoms with Gasteiger partial charge in [0.25, 0.3) is 5.91 Å². The summed E-state index contributed by atoms with van der Waals surface area (Å²) in [5.41, 5.74) is 0. The van der Waals surface area contributed by atoms with Gasteiger partial charge in [-0.2, -0.15) is 0 Å². The normalized spacial score (nSPS) is 36.9. The summed E-state index contributed by atoms with van der Waals surface area (Å²) in [5.74, 6) is 1.11. The maximum atomic E-state index is 12.4. The number of rotatable bonds is 3. The summed E-state index contributed by atoms with van der Waals surface area (Å²) in [6.07, 6.45) is 1.88. The first kappa shape index (κ1) is 13.8. The van der Waals surface area contributed by atoms with Gasteiger partial charge in [-0.1, -0.05) is 20.8 Å². The fourth-order valence-corrected chi connectivity index (χ4v) is 3.10. The number of ether oxygens (including phenoxy) is 1. The van der Waals surface area contributed by atoms with Gasteiger partial charge in [-0.15, -0.1) is 0 Å². The average molecular weight is 254 g/mol. The number of hydrogen-bond acceptors (Lipinski definition) is 3. The van der Waals surface area contributed by atoms with E-state index in [0.717, 1.165) is 39.1 Å². The van der Waals surface area contributed by atoms with E-state index in [4.69, 9.17) is 4.74 Å². The van der Waals surface area contributed by atoms with Crippen LogP contribution in [0.15, 0.2) is 0 Å². The van der Waals surface area contributed by atoms with Crippen LogP contribution in [0.5, 0.6) is 0 Å². The third-order valence-corrected chi connectivity index (χ3v) is 4.31. The van der Waals surface area contributed by atoms with Gasteiger partial charge in [0.2, 0.25) is 0 Å². The van der Waals surface area contributed by atoms with E-state index in [1.165, 1.54) is 0 Å². The molecule has 104 valence electrons. The first-order valence-corrected chi connectivity index (χ1v) is 7.27. The Hall–Kier alpha value is -0.610. The first-order valence-electron chi connectivity index (χ1n) is 7.27. The van der Waals surface area contributed by atoms with Crippen molar-refractivity contribution < 1.29 is 9.53 Å². The van der Waals surface area contributed by atoms with E-state index in [9.17, 15) is 4.79 Å².